The van der Waals surface area contributed by atoms with E-state index in [0.29, 0.717) is 5.92 Å². The van der Waals surface area contributed by atoms with Gasteiger partial charge in [0.15, 0.2) is 0 Å². The van der Waals surface area contributed by atoms with Crippen molar-refractivity contribution in [3.8, 4) is 0 Å². The van der Waals surface area contributed by atoms with Crippen LogP contribution in [0.1, 0.15) is 25.7 Å². The highest BCUT2D eigenvalue weighted by Gasteiger charge is 2.21. The SMILES string of the molecule is CS(=O)(=O)NC1CCC(CN)CC1. The number of hydrogen-bond acceptors (Lipinski definition) is 3. The summed E-state index contributed by atoms with van der Waals surface area (Å²) in [4.78, 5) is 0. The van der Waals surface area contributed by atoms with Gasteiger partial charge in [0, 0.05) is 6.04 Å². The third kappa shape index (κ3) is 4.06. The van der Waals surface area contributed by atoms with Crippen LogP contribution in [0, 0.1) is 5.92 Å². The zero-order chi connectivity index (χ0) is 9.90. The van der Waals surface area contributed by atoms with E-state index in [1.807, 2.05) is 0 Å². The molecule has 0 aromatic carbocycles. The van der Waals surface area contributed by atoms with Crippen molar-refractivity contribution in [3.63, 3.8) is 0 Å². The Morgan fingerprint density at radius 3 is 2.23 bits per heavy atom. The predicted molar refractivity (Wildman–Crippen MR) is 52.8 cm³/mol. The summed E-state index contributed by atoms with van der Waals surface area (Å²) in [5, 5.41) is 0. The Hall–Kier alpha value is -0.130. The molecule has 0 amide bonds. The molecule has 1 rings (SSSR count). The molecule has 0 atom stereocenters. The van der Waals surface area contributed by atoms with Crippen LogP contribution in [0.2, 0.25) is 0 Å². The molecule has 0 aliphatic heterocycles. The summed E-state index contributed by atoms with van der Waals surface area (Å²) in [5.74, 6) is 0.595. The minimum atomic E-state index is -3.03. The highest BCUT2D eigenvalue weighted by molar-refractivity contribution is 7.88. The number of hydrogen-bond donors (Lipinski definition) is 2. The van der Waals surface area contributed by atoms with Crippen LogP contribution in [0.15, 0.2) is 0 Å². The third-order valence-corrected chi connectivity index (χ3v) is 3.32. The summed E-state index contributed by atoms with van der Waals surface area (Å²) >= 11 is 0. The van der Waals surface area contributed by atoms with E-state index in [4.69, 9.17) is 5.73 Å². The molecule has 3 N–H and O–H groups in total. The molecule has 1 fully saturated rings. The fourth-order valence-electron chi connectivity index (χ4n) is 1.82. The van der Waals surface area contributed by atoms with Crippen molar-refractivity contribution in [1.82, 2.24) is 4.72 Å². The average Bonchev–Trinajstić information content (AvgIpc) is 2.03. The van der Waals surface area contributed by atoms with Crippen molar-refractivity contribution in [2.24, 2.45) is 11.7 Å². The van der Waals surface area contributed by atoms with E-state index in [9.17, 15) is 8.42 Å². The molecule has 0 saturated heterocycles. The monoisotopic (exact) mass is 206 g/mol. The van der Waals surface area contributed by atoms with Crippen LogP contribution in [0.3, 0.4) is 0 Å². The molecule has 0 radical (unpaired) electrons. The first kappa shape index (κ1) is 10.9. The minimum Gasteiger partial charge on any atom is -0.330 e. The van der Waals surface area contributed by atoms with Gasteiger partial charge in [0.05, 0.1) is 6.26 Å². The molecule has 1 aliphatic rings. The lowest BCUT2D eigenvalue weighted by Crippen LogP contribution is -2.37. The maximum Gasteiger partial charge on any atom is 0.208 e. The summed E-state index contributed by atoms with van der Waals surface area (Å²) in [5.41, 5.74) is 5.54. The Bertz CT molecular complexity index is 243. The standard InChI is InChI=1S/C8H18N2O2S/c1-13(11,12)10-8-4-2-7(6-9)3-5-8/h7-8,10H,2-6,9H2,1H3. The number of nitrogens with one attached hydrogen (secondary N) is 1. The smallest absolute Gasteiger partial charge is 0.208 e. The van der Waals surface area contributed by atoms with Crippen LogP contribution in [0.4, 0.5) is 0 Å². The molecule has 4 nitrogen and oxygen atoms in total. The maximum atomic E-state index is 10.9. The van der Waals surface area contributed by atoms with E-state index in [2.05, 4.69) is 4.72 Å². The zero-order valence-electron chi connectivity index (χ0n) is 7.99. The number of rotatable bonds is 3. The fraction of sp³-hybridized carbons (Fsp3) is 1.00. The molecule has 0 aromatic heterocycles. The molecule has 5 heteroatoms. The molecule has 0 unspecified atom stereocenters. The first-order chi connectivity index (χ1) is 6.01. The largest absolute Gasteiger partial charge is 0.330 e. The lowest BCUT2D eigenvalue weighted by Gasteiger charge is -2.27. The van der Waals surface area contributed by atoms with Crippen molar-refractivity contribution in [2.75, 3.05) is 12.8 Å². The van der Waals surface area contributed by atoms with E-state index in [-0.39, 0.29) is 6.04 Å². The molecule has 0 bridgehead atoms. The summed E-state index contributed by atoms with van der Waals surface area (Å²) in [6.45, 7) is 0.728. The van der Waals surface area contributed by atoms with Gasteiger partial charge >= 0.3 is 0 Å². The van der Waals surface area contributed by atoms with E-state index in [1.165, 1.54) is 6.26 Å². The molecule has 0 heterocycles. The molecular weight excluding hydrogens is 188 g/mol. The normalized spacial score (nSPS) is 30.3. The van der Waals surface area contributed by atoms with E-state index < -0.39 is 10.0 Å². The first-order valence-electron chi connectivity index (χ1n) is 4.68. The van der Waals surface area contributed by atoms with Gasteiger partial charge in [-0.15, -0.1) is 0 Å². The van der Waals surface area contributed by atoms with Crippen LogP contribution >= 0.6 is 0 Å². The Kier molecular flexibility index (Phi) is 3.70. The molecule has 0 spiro atoms. The number of sulfonamides is 1. The Morgan fingerprint density at radius 2 is 1.85 bits per heavy atom. The van der Waals surface area contributed by atoms with Crippen LogP contribution in [0.25, 0.3) is 0 Å². The second-order valence-corrected chi connectivity index (χ2v) is 5.62. The fourth-order valence-corrected chi connectivity index (χ4v) is 2.66. The minimum absolute atomic E-state index is 0.137. The summed E-state index contributed by atoms with van der Waals surface area (Å²) in [7, 11) is -3.03. The van der Waals surface area contributed by atoms with E-state index in [1.54, 1.807) is 0 Å². The van der Waals surface area contributed by atoms with Crippen LogP contribution in [-0.4, -0.2) is 27.3 Å². The van der Waals surface area contributed by atoms with Gasteiger partial charge in [-0.1, -0.05) is 0 Å². The van der Waals surface area contributed by atoms with Crippen molar-refractivity contribution in [3.05, 3.63) is 0 Å². The van der Waals surface area contributed by atoms with Gasteiger partial charge in [0.25, 0.3) is 0 Å². The lowest BCUT2D eigenvalue weighted by atomic mass is 9.87. The first-order valence-corrected chi connectivity index (χ1v) is 6.58. The van der Waals surface area contributed by atoms with Gasteiger partial charge in [-0.3, -0.25) is 0 Å². The predicted octanol–water partition coefficient (Wildman–Crippen LogP) is 0.0531. The van der Waals surface area contributed by atoms with Gasteiger partial charge < -0.3 is 5.73 Å². The molecule has 1 saturated carbocycles. The van der Waals surface area contributed by atoms with Gasteiger partial charge in [0.2, 0.25) is 10.0 Å². The van der Waals surface area contributed by atoms with E-state index in [0.717, 1.165) is 32.2 Å². The van der Waals surface area contributed by atoms with E-state index >= 15 is 0 Å². The van der Waals surface area contributed by atoms with Gasteiger partial charge in [-0.05, 0) is 38.1 Å². The highest BCUT2D eigenvalue weighted by atomic mass is 32.2. The Labute approximate surface area is 79.9 Å². The average molecular weight is 206 g/mol. The highest BCUT2D eigenvalue weighted by Crippen LogP contribution is 2.23. The lowest BCUT2D eigenvalue weighted by molar-refractivity contribution is 0.319. The summed E-state index contributed by atoms with van der Waals surface area (Å²) in [6.07, 6.45) is 5.15. The summed E-state index contributed by atoms with van der Waals surface area (Å²) in [6, 6.07) is 0.137. The maximum absolute atomic E-state index is 10.9. The Morgan fingerprint density at radius 1 is 1.31 bits per heavy atom. The molecule has 13 heavy (non-hydrogen) atoms. The van der Waals surface area contributed by atoms with Crippen molar-refractivity contribution in [1.29, 1.82) is 0 Å². The molecule has 78 valence electrons. The van der Waals surface area contributed by atoms with Crippen LogP contribution < -0.4 is 10.5 Å². The van der Waals surface area contributed by atoms with Crippen LogP contribution in [0.5, 0.6) is 0 Å². The second-order valence-electron chi connectivity index (χ2n) is 3.84. The van der Waals surface area contributed by atoms with Gasteiger partial charge in [-0.25, -0.2) is 13.1 Å². The molecule has 1 aliphatic carbocycles. The van der Waals surface area contributed by atoms with Crippen molar-refractivity contribution < 1.29 is 8.42 Å². The topological polar surface area (TPSA) is 72.2 Å². The number of nitrogens with two attached hydrogens (primary N) is 1. The van der Waals surface area contributed by atoms with Gasteiger partial charge in [-0.2, -0.15) is 0 Å². The molecular formula is C8H18N2O2S. The quantitative estimate of drug-likeness (QED) is 0.685. The zero-order valence-corrected chi connectivity index (χ0v) is 8.81. The Balaban J connectivity index is 2.33. The second kappa shape index (κ2) is 4.39. The summed E-state index contributed by atoms with van der Waals surface area (Å²) < 4.78 is 24.5. The van der Waals surface area contributed by atoms with Crippen molar-refractivity contribution in [2.45, 2.75) is 31.7 Å². The third-order valence-electron chi connectivity index (χ3n) is 2.56. The van der Waals surface area contributed by atoms with Crippen LogP contribution in [-0.2, 0) is 10.0 Å². The van der Waals surface area contributed by atoms with Crippen molar-refractivity contribution >= 4 is 10.0 Å². The molecule has 0 aromatic rings. The van der Waals surface area contributed by atoms with Gasteiger partial charge in [0.1, 0.15) is 0 Å².